The maximum absolute atomic E-state index is 4.73. The van der Waals surface area contributed by atoms with Gasteiger partial charge in [-0.15, -0.1) is 0 Å². The maximum Gasteiger partial charge on any atom is 0.0658 e. The lowest BCUT2D eigenvalue weighted by molar-refractivity contribution is 0.202. The van der Waals surface area contributed by atoms with E-state index in [1.54, 1.807) is 0 Å². The highest BCUT2D eigenvalue weighted by atomic mass is 32.2. The Hall–Kier alpha value is -0.0200. The lowest BCUT2D eigenvalue weighted by Gasteiger charge is -2.46. The number of hydrogen-bond donors (Lipinski definition) is 0. The average Bonchev–Trinajstić information content (AvgIpc) is 2.20. The fourth-order valence-corrected chi connectivity index (χ4v) is 3.49. The van der Waals surface area contributed by atoms with Crippen LogP contribution in [0.2, 0.25) is 0 Å². The van der Waals surface area contributed by atoms with Crippen LogP contribution in [0.3, 0.4) is 0 Å². The van der Waals surface area contributed by atoms with Crippen LogP contribution in [0.5, 0.6) is 0 Å². The summed E-state index contributed by atoms with van der Waals surface area (Å²) in [6, 6.07) is 1.06. The molecule has 1 aliphatic heterocycles. The molecule has 3 heteroatoms. The molecule has 94 valence electrons. The van der Waals surface area contributed by atoms with Crippen molar-refractivity contribution in [3.8, 4) is 0 Å². The van der Waals surface area contributed by atoms with Crippen molar-refractivity contribution in [2.45, 2.75) is 77.3 Å². The quantitative estimate of drug-likeness (QED) is 0.697. The van der Waals surface area contributed by atoms with E-state index in [0.29, 0.717) is 17.3 Å². The van der Waals surface area contributed by atoms with Gasteiger partial charge in [-0.1, -0.05) is 39.6 Å². The summed E-state index contributed by atoms with van der Waals surface area (Å²) in [5.41, 5.74) is 0.0846. The van der Waals surface area contributed by atoms with Crippen molar-refractivity contribution in [1.29, 1.82) is 0 Å². The molecule has 2 atom stereocenters. The molecule has 0 aromatic carbocycles. The standard InChI is InChI=1S/C13H26N2S/c1-7-11-12(8-2)15(16-10(3)4)13(5,6)9-14-11/h9-12H,7-8H2,1-6H3. The van der Waals surface area contributed by atoms with Crippen molar-refractivity contribution in [1.82, 2.24) is 4.31 Å². The number of rotatable bonds is 4. The number of aliphatic imine (C=N–C) groups is 1. The third kappa shape index (κ3) is 3.01. The van der Waals surface area contributed by atoms with Crippen molar-refractivity contribution in [2.24, 2.45) is 4.99 Å². The van der Waals surface area contributed by atoms with Crippen molar-refractivity contribution < 1.29 is 0 Å². The van der Waals surface area contributed by atoms with Crippen molar-refractivity contribution in [3.63, 3.8) is 0 Å². The van der Waals surface area contributed by atoms with Crippen LogP contribution in [0.1, 0.15) is 54.4 Å². The van der Waals surface area contributed by atoms with E-state index in [1.165, 1.54) is 6.42 Å². The van der Waals surface area contributed by atoms with Crippen LogP contribution in [-0.4, -0.2) is 33.4 Å². The molecule has 2 nitrogen and oxygen atoms in total. The minimum atomic E-state index is 0.0846. The molecule has 1 rings (SSSR count). The zero-order valence-corrected chi connectivity index (χ0v) is 12.3. The van der Waals surface area contributed by atoms with E-state index in [2.05, 4.69) is 52.1 Å². The highest BCUT2D eigenvalue weighted by Gasteiger charge is 2.38. The van der Waals surface area contributed by atoms with Gasteiger partial charge in [-0.25, -0.2) is 4.31 Å². The average molecular weight is 242 g/mol. The summed E-state index contributed by atoms with van der Waals surface area (Å²) < 4.78 is 2.57. The molecule has 0 bridgehead atoms. The van der Waals surface area contributed by atoms with E-state index < -0.39 is 0 Å². The second kappa shape index (κ2) is 5.54. The Morgan fingerprint density at radius 1 is 1.31 bits per heavy atom. The van der Waals surface area contributed by atoms with Crippen LogP contribution >= 0.6 is 11.9 Å². The minimum absolute atomic E-state index is 0.0846. The molecular weight excluding hydrogens is 216 g/mol. The molecule has 0 fully saturated rings. The Balaban J connectivity index is 2.92. The van der Waals surface area contributed by atoms with Gasteiger partial charge in [0.05, 0.1) is 11.6 Å². The van der Waals surface area contributed by atoms with Crippen LogP contribution in [0, 0.1) is 0 Å². The second-order valence-electron chi connectivity index (χ2n) is 5.36. The van der Waals surface area contributed by atoms with Crippen LogP contribution in [0.4, 0.5) is 0 Å². The van der Waals surface area contributed by atoms with Crippen molar-refractivity contribution >= 4 is 18.2 Å². The molecule has 0 radical (unpaired) electrons. The maximum atomic E-state index is 4.73. The number of hydrogen-bond acceptors (Lipinski definition) is 3. The first-order valence-corrected chi connectivity index (χ1v) is 7.26. The Kier molecular flexibility index (Phi) is 4.87. The van der Waals surface area contributed by atoms with Gasteiger partial charge in [-0.3, -0.25) is 4.99 Å². The summed E-state index contributed by atoms with van der Waals surface area (Å²) in [7, 11) is 0. The lowest BCUT2D eigenvalue weighted by Crippen LogP contribution is -2.54. The van der Waals surface area contributed by atoms with E-state index in [-0.39, 0.29) is 5.54 Å². The molecule has 0 saturated carbocycles. The predicted octanol–water partition coefficient (Wildman–Crippen LogP) is 3.77. The Morgan fingerprint density at radius 2 is 1.94 bits per heavy atom. The zero-order chi connectivity index (χ0) is 12.3. The Morgan fingerprint density at radius 3 is 2.38 bits per heavy atom. The van der Waals surface area contributed by atoms with Gasteiger partial charge in [0.2, 0.25) is 0 Å². The first kappa shape index (κ1) is 14.0. The van der Waals surface area contributed by atoms with Crippen molar-refractivity contribution in [3.05, 3.63) is 0 Å². The summed E-state index contributed by atoms with van der Waals surface area (Å²) in [6.45, 7) is 13.6. The molecule has 1 heterocycles. The summed E-state index contributed by atoms with van der Waals surface area (Å²) in [5, 5.41) is 0.636. The molecule has 0 aliphatic carbocycles. The van der Waals surface area contributed by atoms with Gasteiger partial charge in [0, 0.05) is 17.5 Å². The van der Waals surface area contributed by atoms with Gasteiger partial charge in [0.25, 0.3) is 0 Å². The summed E-state index contributed by atoms with van der Waals surface area (Å²) in [6.07, 6.45) is 4.46. The molecule has 1 aliphatic rings. The molecule has 0 saturated heterocycles. The van der Waals surface area contributed by atoms with Crippen LogP contribution in [0.25, 0.3) is 0 Å². The van der Waals surface area contributed by atoms with Crippen LogP contribution < -0.4 is 0 Å². The van der Waals surface area contributed by atoms with E-state index in [0.717, 1.165) is 6.42 Å². The van der Waals surface area contributed by atoms with E-state index in [4.69, 9.17) is 4.99 Å². The SMILES string of the molecule is CCC1N=CC(C)(C)N(SC(C)C)C1CC. The summed E-state index contributed by atoms with van der Waals surface area (Å²) in [5.74, 6) is 0. The third-order valence-electron chi connectivity index (χ3n) is 3.06. The predicted molar refractivity (Wildman–Crippen MR) is 75.3 cm³/mol. The zero-order valence-electron chi connectivity index (χ0n) is 11.5. The minimum Gasteiger partial charge on any atom is -0.291 e. The lowest BCUT2D eigenvalue weighted by atomic mass is 9.95. The molecule has 0 N–H and O–H groups in total. The smallest absolute Gasteiger partial charge is 0.0658 e. The summed E-state index contributed by atoms with van der Waals surface area (Å²) >= 11 is 1.98. The van der Waals surface area contributed by atoms with Crippen LogP contribution in [-0.2, 0) is 0 Å². The highest BCUT2D eigenvalue weighted by Crippen LogP contribution is 2.35. The monoisotopic (exact) mass is 242 g/mol. The topological polar surface area (TPSA) is 15.6 Å². The molecule has 2 unspecified atom stereocenters. The van der Waals surface area contributed by atoms with Crippen molar-refractivity contribution in [2.75, 3.05) is 0 Å². The molecule has 0 aromatic heterocycles. The first-order chi connectivity index (χ1) is 7.42. The van der Waals surface area contributed by atoms with Gasteiger partial charge in [0.1, 0.15) is 0 Å². The molecular formula is C13H26N2S. The number of nitrogens with zero attached hydrogens (tertiary/aromatic N) is 2. The fourth-order valence-electron chi connectivity index (χ4n) is 2.27. The van der Waals surface area contributed by atoms with Gasteiger partial charge in [-0.05, 0) is 26.7 Å². The van der Waals surface area contributed by atoms with Gasteiger partial charge >= 0.3 is 0 Å². The normalized spacial score (nSPS) is 29.9. The summed E-state index contributed by atoms with van der Waals surface area (Å²) in [4.78, 5) is 4.73. The Labute approximate surface area is 105 Å². The molecule has 16 heavy (non-hydrogen) atoms. The second-order valence-corrected chi connectivity index (χ2v) is 6.91. The van der Waals surface area contributed by atoms with Gasteiger partial charge in [0.15, 0.2) is 0 Å². The fraction of sp³-hybridized carbons (Fsp3) is 0.923. The molecule has 0 spiro atoms. The largest absolute Gasteiger partial charge is 0.291 e. The van der Waals surface area contributed by atoms with E-state index in [9.17, 15) is 0 Å². The van der Waals surface area contributed by atoms with Gasteiger partial charge in [-0.2, -0.15) is 0 Å². The first-order valence-electron chi connectivity index (χ1n) is 6.42. The molecule has 0 aromatic rings. The van der Waals surface area contributed by atoms with Crippen LogP contribution in [0.15, 0.2) is 4.99 Å². The molecule has 0 amide bonds. The third-order valence-corrected chi connectivity index (χ3v) is 4.45. The Bertz CT molecular complexity index is 248. The van der Waals surface area contributed by atoms with Gasteiger partial charge < -0.3 is 0 Å². The highest BCUT2D eigenvalue weighted by molar-refractivity contribution is 7.97. The van der Waals surface area contributed by atoms with E-state index in [1.807, 2.05) is 11.9 Å². The van der Waals surface area contributed by atoms with E-state index >= 15 is 0 Å².